The van der Waals surface area contributed by atoms with Gasteiger partial charge in [0.05, 0.1) is 0 Å². The van der Waals surface area contributed by atoms with Gasteiger partial charge in [0.1, 0.15) is 0 Å². The van der Waals surface area contributed by atoms with E-state index in [1.165, 1.54) is 44.2 Å². The molecule has 0 bridgehead atoms. The van der Waals surface area contributed by atoms with Gasteiger partial charge in [-0.25, -0.2) is 4.79 Å². The number of aliphatic carboxylic acids is 1. The molecule has 0 atom stereocenters. The average Bonchev–Trinajstić information content (AvgIpc) is 2.48. The number of ketones is 1. The molecule has 0 saturated carbocycles. The van der Waals surface area contributed by atoms with Gasteiger partial charge < -0.3 is 5.11 Å². The predicted octanol–water partition coefficient (Wildman–Crippen LogP) is 4.49. The second kappa shape index (κ2) is 12.2. The number of benzene rings is 1. The summed E-state index contributed by atoms with van der Waals surface area (Å²) in [6.45, 7) is 4.42. The highest BCUT2D eigenvalue weighted by Gasteiger charge is 2.12. The minimum absolute atomic E-state index is 0.208. The fourth-order valence-corrected chi connectivity index (χ4v) is 1.51. The predicted molar refractivity (Wildman–Crippen MR) is 82.0 cm³/mol. The van der Waals surface area contributed by atoms with E-state index in [1.54, 1.807) is 18.2 Å². The van der Waals surface area contributed by atoms with Crippen molar-refractivity contribution in [2.75, 3.05) is 0 Å². The summed E-state index contributed by atoms with van der Waals surface area (Å²) in [7, 11) is 0. The highest BCUT2D eigenvalue weighted by atomic mass is 16.4. The second-order valence-corrected chi connectivity index (χ2v) is 4.38. The first-order chi connectivity index (χ1) is 9.63. The van der Waals surface area contributed by atoms with E-state index in [1.807, 2.05) is 0 Å². The van der Waals surface area contributed by atoms with Crippen LogP contribution in [0.4, 0.5) is 0 Å². The van der Waals surface area contributed by atoms with Crippen molar-refractivity contribution in [1.82, 2.24) is 0 Å². The second-order valence-electron chi connectivity index (χ2n) is 4.38. The van der Waals surface area contributed by atoms with Crippen LogP contribution in [0.25, 0.3) is 0 Å². The molecule has 0 aliphatic heterocycles. The molecule has 0 aliphatic rings. The van der Waals surface area contributed by atoms with Gasteiger partial charge in [-0.05, 0) is 19.3 Å². The highest BCUT2D eigenvalue weighted by molar-refractivity contribution is 6.39. The molecular formula is C17H24O3. The zero-order chi connectivity index (χ0) is 15.2. The van der Waals surface area contributed by atoms with Crippen LogP contribution >= 0.6 is 0 Å². The maximum Gasteiger partial charge on any atom is 0.377 e. The van der Waals surface area contributed by atoms with Crippen molar-refractivity contribution in [2.24, 2.45) is 0 Å². The maximum atomic E-state index is 10.7. The molecule has 1 aromatic carbocycles. The normalized spacial score (nSPS) is 9.90. The molecule has 3 heteroatoms. The highest BCUT2D eigenvalue weighted by Crippen LogP contribution is 2.00. The molecule has 20 heavy (non-hydrogen) atoms. The Morgan fingerprint density at radius 2 is 1.70 bits per heavy atom. The van der Waals surface area contributed by atoms with E-state index in [-0.39, 0.29) is 5.56 Å². The molecule has 1 rings (SSSR count). The lowest BCUT2D eigenvalue weighted by molar-refractivity contribution is -0.131. The third-order valence-electron chi connectivity index (χ3n) is 2.61. The number of Topliss-reactive ketones (excluding diaryl/α,β-unsaturated/α-hetero) is 1. The molecular weight excluding hydrogens is 252 g/mol. The summed E-state index contributed by atoms with van der Waals surface area (Å²) >= 11 is 0. The van der Waals surface area contributed by atoms with Crippen LogP contribution in [0.15, 0.2) is 42.5 Å². The van der Waals surface area contributed by atoms with E-state index in [4.69, 9.17) is 5.11 Å². The molecule has 0 aromatic heterocycles. The minimum atomic E-state index is -1.42. The van der Waals surface area contributed by atoms with Crippen LogP contribution in [-0.4, -0.2) is 16.9 Å². The SMILES string of the molecule is CCC=CCCCCC.O=C(O)C(=O)c1ccccc1. The maximum absolute atomic E-state index is 10.7. The first kappa shape index (κ1) is 18.1. The standard InChI is InChI=1S/C9H18.C8H6O3/c1-3-5-7-9-8-6-4-2;9-7(8(10)11)6-4-2-1-3-5-6/h5,7H,3-4,6,8-9H2,1-2H3;1-5H,(H,10,11). The summed E-state index contributed by atoms with van der Waals surface area (Å²) in [6.07, 6.45) is 11.1. The van der Waals surface area contributed by atoms with Crippen molar-refractivity contribution in [3.05, 3.63) is 48.0 Å². The van der Waals surface area contributed by atoms with Crippen LogP contribution in [0.3, 0.4) is 0 Å². The van der Waals surface area contributed by atoms with Gasteiger partial charge in [-0.3, -0.25) is 4.79 Å². The summed E-state index contributed by atoms with van der Waals surface area (Å²) in [4.78, 5) is 20.9. The number of carbonyl (C=O) groups is 2. The molecule has 0 aliphatic carbocycles. The Kier molecular flexibility index (Phi) is 11.0. The molecule has 0 heterocycles. The van der Waals surface area contributed by atoms with Crippen LogP contribution in [0.2, 0.25) is 0 Å². The first-order valence-corrected chi connectivity index (χ1v) is 7.11. The molecule has 0 spiro atoms. The number of carbonyl (C=O) groups excluding carboxylic acids is 1. The van der Waals surface area contributed by atoms with Gasteiger partial charge in [-0.2, -0.15) is 0 Å². The fraction of sp³-hybridized carbons (Fsp3) is 0.412. The molecule has 110 valence electrons. The lowest BCUT2D eigenvalue weighted by Crippen LogP contribution is -2.12. The van der Waals surface area contributed by atoms with Gasteiger partial charge in [-0.1, -0.05) is 69.2 Å². The molecule has 1 N–H and O–H groups in total. The topological polar surface area (TPSA) is 54.4 Å². The Bertz CT molecular complexity index is 408. The fourth-order valence-electron chi connectivity index (χ4n) is 1.51. The zero-order valence-corrected chi connectivity index (χ0v) is 12.3. The van der Waals surface area contributed by atoms with Crippen LogP contribution in [0, 0.1) is 0 Å². The quantitative estimate of drug-likeness (QED) is 0.345. The Labute approximate surface area is 121 Å². The first-order valence-electron chi connectivity index (χ1n) is 7.11. The minimum Gasteiger partial charge on any atom is -0.475 e. The van der Waals surface area contributed by atoms with E-state index >= 15 is 0 Å². The molecule has 0 amide bonds. The number of unbranched alkanes of at least 4 members (excludes halogenated alkanes) is 3. The van der Waals surface area contributed by atoms with Gasteiger partial charge in [0.2, 0.25) is 0 Å². The Balaban J connectivity index is 0.000000370. The lowest BCUT2D eigenvalue weighted by atomic mass is 10.1. The Hall–Kier alpha value is -1.90. The van der Waals surface area contributed by atoms with Crippen LogP contribution in [-0.2, 0) is 4.79 Å². The van der Waals surface area contributed by atoms with E-state index in [2.05, 4.69) is 26.0 Å². The van der Waals surface area contributed by atoms with Gasteiger partial charge in [-0.15, -0.1) is 0 Å². The Morgan fingerprint density at radius 3 is 2.20 bits per heavy atom. The van der Waals surface area contributed by atoms with Gasteiger partial charge >= 0.3 is 5.97 Å². The van der Waals surface area contributed by atoms with Crippen LogP contribution in [0.5, 0.6) is 0 Å². The monoisotopic (exact) mass is 276 g/mol. The van der Waals surface area contributed by atoms with Gasteiger partial charge in [0.25, 0.3) is 5.78 Å². The van der Waals surface area contributed by atoms with Crippen molar-refractivity contribution in [1.29, 1.82) is 0 Å². The van der Waals surface area contributed by atoms with Crippen LogP contribution < -0.4 is 0 Å². The average molecular weight is 276 g/mol. The van der Waals surface area contributed by atoms with Crippen molar-refractivity contribution < 1.29 is 14.7 Å². The summed E-state index contributed by atoms with van der Waals surface area (Å²) in [5.41, 5.74) is 0.208. The molecule has 1 aromatic rings. The Morgan fingerprint density at radius 1 is 1.05 bits per heavy atom. The number of hydrogen-bond donors (Lipinski definition) is 1. The number of carboxylic acids is 1. The summed E-state index contributed by atoms with van der Waals surface area (Å²) < 4.78 is 0. The van der Waals surface area contributed by atoms with Gasteiger partial charge in [0.15, 0.2) is 0 Å². The third-order valence-corrected chi connectivity index (χ3v) is 2.61. The molecule has 0 fully saturated rings. The summed E-state index contributed by atoms with van der Waals surface area (Å²) in [6, 6.07) is 7.90. The van der Waals surface area contributed by atoms with E-state index < -0.39 is 11.8 Å². The van der Waals surface area contributed by atoms with E-state index in [0.717, 1.165) is 0 Å². The zero-order valence-electron chi connectivity index (χ0n) is 12.3. The molecule has 0 saturated heterocycles. The molecule has 0 radical (unpaired) electrons. The summed E-state index contributed by atoms with van der Waals surface area (Å²) in [5, 5.41) is 8.29. The summed E-state index contributed by atoms with van der Waals surface area (Å²) in [5.74, 6) is -2.29. The van der Waals surface area contributed by atoms with Crippen molar-refractivity contribution in [3.63, 3.8) is 0 Å². The number of carboxylic acid groups (broad SMARTS) is 1. The number of rotatable bonds is 7. The smallest absolute Gasteiger partial charge is 0.377 e. The van der Waals surface area contributed by atoms with Crippen molar-refractivity contribution in [3.8, 4) is 0 Å². The number of allylic oxidation sites excluding steroid dienone is 2. The number of hydrogen-bond acceptors (Lipinski definition) is 2. The van der Waals surface area contributed by atoms with Crippen molar-refractivity contribution >= 4 is 11.8 Å². The van der Waals surface area contributed by atoms with Crippen LogP contribution in [0.1, 0.15) is 56.3 Å². The van der Waals surface area contributed by atoms with Crippen molar-refractivity contribution in [2.45, 2.75) is 46.0 Å². The molecule has 0 unspecified atom stereocenters. The van der Waals surface area contributed by atoms with Gasteiger partial charge in [0, 0.05) is 5.56 Å². The largest absolute Gasteiger partial charge is 0.475 e. The lowest BCUT2D eigenvalue weighted by Gasteiger charge is -1.91. The third kappa shape index (κ3) is 9.09. The molecule has 3 nitrogen and oxygen atoms in total. The van der Waals surface area contributed by atoms with E-state index in [0.29, 0.717) is 0 Å². The van der Waals surface area contributed by atoms with E-state index in [9.17, 15) is 9.59 Å².